The Balaban J connectivity index is 1.99. The van der Waals surface area contributed by atoms with Gasteiger partial charge in [0.05, 0.1) is 25.3 Å². The molecule has 1 radical (unpaired) electrons. The fourth-order valence-electron chi connectivity index (χ4n) is 2.76. The minimum absolute atomic E-state index is 0.0339. The highest BCUT2D eigenvalue weighted by atomic mass is 32.2. The lowest BCUT2D eigenvalue weighted by Crippen LogP contribution is -2.44. The minimum atomic E-state index is -3.84. The average Bonchev–Trinajstić information content (AvgIpc) is 2.95. The van der Waals surface area contributed by atoms with Crippen LogP contribution in [0.25, 0.3) is 0 Å². The largest absolute Gasteiger partial charge is 0.468 e. The monoisotopic (exact) mass is 398 g/mol. The molecule has 0 aromatic carbocycles. The number of hydrogen-bond donors (Lipinski definition) is 2. The van der Waals surface area contributed by atoms with Crippen LogP contribution in [0.4, 0.5) is 0 Å². The van der Waals surface area contributed by atoms with Gasteiger partial charge < -0.3 is 15.5 Å². The van der Waals surface area contributed by atoms with E-state index < -0.39 is 33.8 Å². The molecule has 1 fully saturated rings. The van der Waals surface area contributed by atoms with Crippen LogP contribution in [0.5, 0.6) is 0 Å². The summed E-state index contributed by atoms with van der Waals surface area (Å²) in [6.45, 7) is 2.99. The number of ketones is 1. The Morgan fingerprint density at radius 3 is 2.78 bits per heavy atom. The number of carbonyl (C=O) groups excluding carboxylic acids is 3. The van der Waals surface area contributed by atoms with Gasteiger partial charge in [-0.1, -0.05) is 6.92 Å². The SMILES string of the molecule is Cc1occc1S(=O)(=O)N1CCC[C@H](NC(=O)[CH]CC(C)C(N)=O)C(=O)C1. The summed E-state index contributed by atoms with van der Waals surface area (Å²) >= 11 is 0. The molecule has 1 aliphatic heterocycles. The van der Waals surface area contributed by atoms with Crippen molar-refractivity contribution in [3.05, 3.63) is 24.5 Å². The second-order valence-electron chi connectivity index (χ2n) is 6.59. The van der Waals surface area contributed by atoms with Crippen molar-refractivity contribution >= 4 is 27.6 Å². The second-order valence-corrected chi connectivity index (χ2v) is 8.50. The Labute approximate surface area is 158 Å². The molecule has 1 aromatic rings. The number of primary amides is 1. The first-order valence-corrected chi connectivity index (χ1v) is 10.1. The first-order chi connectivity index (χ1) is 12.6. The number of carbonyl (C=O) groups is 3. The lowest BCUT2D eigenvalue weighted by molar-refractivity contribution is -0.126. The van der Waals surface area contributed by atoms with Crippen LogP contribution in [0.2, 0.25) is 0 Å². The molecular weight excluding hydrogens is 374 g/mol. The van der Waals surface area contributed by atoms with E-state index in [1.807, 2.05) is 0 Å². The maximum absolute atomic E-state index is 12.7. The van der Waals surface area contributed by atoms with E-state index >= 15 is 0 Å². The van der Waals surface area contributed by atoms with Crippen LogP contribution in [0.1, 0.15) is 31.9 Å². The Morgan fingerprint density at radius 1 is 1.48 bits per heavy atom. The number of hydrogen-bond acceptors (Lipinski definition) is 6. The number of nitrogens with one attached hydrogen (secondary N) is 1. The van der Waals surface area contributed by atoms with Crippen molar-refractivity contribution in [3.8, 4) is 0 Å². The molecule has 2 amide bonds. The second kappa shape index (κ2) is 8.66. The number of sulfonamides is 1. The van der Waals surface area contributed by atoms with Crippen molar-refractivity contribution in [1.82, 2.24) is 9.62 Å². The van der Waals surface area contributed by atoms with Gasteiger partial charge in [-0.25, -0.2) is 8.42 Å². The average molecular weight is 398 g/mol. The van der Waals surface area contributed by atoms with E-state index in [4.69, 9.17) is 10.2 Å². The Hall–Kier alpha value is -2.20. The molecule has 27 heavy (non-hydrogen) atoms. The number of furan rings is 1. The van der Waals surface area contributed by atoms with Crippen molar-refractivity contribution in [3.63, 3.8) is 0 Å². The van der Waals surface area contributed by atoms with E-state index in [0.717, 1.165) is 4.31 Å². The highest BCUT2D eigenvalue weighted by Crippen LogP contribution is 2.23. The van der Waals surface area contributed by atoms with Crippen LogP contribution >= 0.6 is 0 Å². The van der Waals surface area contributed by atoms with E-state index in [0.29, 0.717) is 12.8 Å². The highest BCUT2D eigenvalue weighted by Gasteiger charge is 2.34. The molecule has 0 bridgehead atoms. The fraction of sp³-hybridized carbons (Fsp3) is 0.529. The third-order valence-corrected chi connectivity index (χ3v) is 6.48. The van der Waals surface area contributed by atoms with Crippen LogP contribution in [-0.2, 0) is 24.4 Å². The molecule has 1 unspecified atom stereocenters. The quantitative estimate of drug-likeness (QED) is 0.670. The molecule has 3 N–H and O–H groups in total. The maximum atomic E-state index is 12.7. The lowest BCUT2D eigenvalue weighted by Gasteiger charge is -2.19. The van der Waals surface area contributed by atoms with Crippen LogP contribution in [-0.4, -0.2) is 49.5 Å². The van der Waals surface area contributed by atoms with E-state index in [1.165, 1.54) is 18.8 Å². The van der Waals surface area contributed by atoms with Gasteiger partial charge >= 0.3 is 0 Å². The smallest absolute Gasteiger partial charge is 0.246 e. The fourth-order valence-corrected chi connectivity index (χ4v) is 4.35. The summed E-state index contributed by atoms with van der Waals surface area (Å²) in [6.07, 6.45) is 3.48. The van der Waals surface area contributed by atoms with E-state index in [1.54, 1.807) is 13.8 Å². The van der Waals surface area contributed by atoms with Gasteiger partial charge in [0.1, 0.15) is 10.7 Å². The lowest BCUT2D eigenvalue weighted by atomic mass is 10.0. The van der Waals surface area contributed by atoms with Gasteiger partial charge in [0.2, 0.25) is 21.8 Å². The number of nitrogens with two attached hydrogens (primary N) is 1. The Morgan fingerprint density at radius 2 is 2.19 bits per heavy atom. The van der Waals surface area contributed by atoms with Crippen LogP contribution in [0.15, 0.2) is 21.6 Å². The molecular formula is C17H24N3O6S. The summed E-state index contributed by atoms with van der Waals surface area (Å²) in [5, 5.41) is 2.58. The van der Waals surface area contributed by atoms with Gasteiger partial charge in [-0.15, -0.1) is 0 Å². The first kappa shape index (κ1) is 21.1. The molecule has 149 valence electrons. The van der Waals surface area contributed by atoms with Gasteiger partial charge in [0, 0.05) is 12.5 Å². The van der Waals surface area contributed by atoms with Crippen molar-refractivity contribution in [2.75, 3.05) is 13.1 Å². The summed E-state index contributed by atoms with van der Waals surface area (Å²) in [4.78, 5) is 35.5. The van der Waals surface area contributed by atoms with Crippen molar-refractivity contribution in [2.45, 2.75) is 44.0 Å². The molecule has 0 saturated carbocycles. The summed E-state index contributed by atoms with van der Waals surface area (Å²) in [5.41, 5.74) is 5.14. The van der Waals surface area contributed by atoms with E-state index in [9.17, 15) is 22.8 Å². The highest BCUT2D eigenvalue weighted by molar-refractivity contribution is 7.89. The minimum Gasteiger partial charge on any atom is -0.468 e. The molecule has 2 heterocycles. The number of amides is 2. The number of nitrogens with zero attached hydrogens (tertiary/aromatic N) is 1. The number of aryl methyl sites for hydroxylation is 1. The van der Waals surface area contributed by atoms with Crippen LogP contribution < -0.4 is 11.1 Å². The van der Waals surface area contributed by atoms with Gasteiger partial charge in [-0.2, -0.15) is 4.31 Å². The summed E-state index contributed by atoms with van der Waals surface area (Å²) in [6, 6.07) is 0.581. The van der Waals surface area contributed by atoms with E-state index in [2.05, 4.69) is 5.32 Å². The standard InChI is InChI=1S/C17H24N3O6S/c1-11(17(18)23)5-6-16(22)19-13-4-3-8-20(10-14(13)21)27(24,25)15-7-9-26-12(15)2/h6-7,9,11,13H,3-5,8,10H2,1-2H3,(H2,18,23)(H,19,22)/t11?,13-/m0/s1. The molecule has 1 saturated heterocycles. The van der Waals surface area contributed by atoms with Crippen molar-refractivity contribution < 1.29 is 27.2 Å². The maximum Gasteiger partial charge on any atom is 0.246 e. The molecule has 0 spiro atoms. The molecule has 1 aliphatic rings. The van der Waals surface area contributed by atoms with Crippen molar-refractivity contribution in [1.29, 1.82) is 0 Å². The summed E-state index contributed by atoms with van der Waals surface area (Å²) < 4.78 is 31.6. The zero-order valence-corrected chi connectivity index (χ0v) is 16.1. The Bertz CT molecular complexity index is 816. The zero-order chi connectivity index (χ0) is 20.2. The van der Waals surface area contributed by atoms with E-state index in [-0.39, 0.29) is 35.9 Å². The van der Waals surface area contributed by atoms with Crippen LogP contribution in [0, 0.1) is 19.3 Å². The van der Waals surface area contributed by atoms with Gasteiger partial charge in [-0.05, 0) is 32.3 Å². The molecule has 9 nitrogen and oxygen atoms in total. The van der Waals surface area contributed by atoms with Gasteiger partial charge in [0.25, 0.3) is 0 Å². The summed E-state index contributed by atoms with van der Waals surface area (Å²) in [5.74, 6) is -1.61. The number of rotatable bonds is 7. The van der Waals surface area contributed by atoms with Crippen LogP contribution in [0.3, 0.4) is 0 Å². The predicted octanol–water partition coefficient (Wildman–Crippen LogP) is 0.142. The van der Waals surface area contributed by atoms with Gasteiger partial charge in [0.15, 0.2) is 5.78 Å². The van der Waals surface area contributed by atoms with Gasteiger partial charge in [-0.3, -0.25) is 14.4 Å². The molecule has 1 aromatic heterocycles. The Kier molecular flexibility index (Phi) is 6.77. The zero-order valence-electron chi connectivity index (χ0n) is 15.3. The molecule has 2 atom stereocenters. The molecule has 10 heteroatoms. The predicted molar refractivity (Wildman–Crippen MR) is 95.7 cm³/mol. The molecule has 0 aliphatic carbocycles. The molecule has 2 rings (SSSR count). The first-order valence-electron chi connectivity index (χ1n) is 8.63. The number of Topliss-reactive ketones (excluding diaryl/α,β-unsaturated/α-hetero) is 1. The van der Waals surface area contributed by atoms with Crippen molar-refractivity contribution in [2.24, 2.45) is 11.7 Å². The normalized spacial score (nSPS) is 20.1. The third kappa shape index (κ3) is 5.16. The summed E-state index contributed by atoms with van der Waals surface area (Å²) in [7, 11) is -3.84. The third-order valence-electron chi connectivity index (χ3n) is 4.51. The topological polar surface area (TPSA) is 140 Å².